The van der Waals surface area contributed by atoms with Crippen LogP contribution in [0.5, 0.6) is 0 Å². The summed E-state index contributed by atoms with van der Waals surface area (Å²) < 4.78 is 15.2. The van der Waals surface area contributed by atoms with E-state index >= 15 is 0 Å². The third-order valence-electron chi connectivity index (χ3n) is 6.57. The van der Waals surface area contributed by atoms with Gasteiger partial charge in [0.2, 0.25) is 0 Å². The van der Waals surface area contributed by atoms with Gasteiger partial charge in [-0.05, 0) is 73.4 Å². The number of halogens is 1. The van der Waals surface area contributed by atoms with Gasteiger partial charge in [0.1, 0.15) is 11.6 Å². The predicted octanol–water partition coefficient (Wildman–Crippen LogP) is 6.48. The minimum atomic E-state index is -0.447. The van der Waals surface area contributed by atoms with E-state index in [-0.39, 0.29) is 17.3 Å². The number of carbonyl (C=O) groups is 1. The van der Waals surface area contributed by atoms with E-state index in [0.29, 0.717) is 40.9 Å². The Morgan fingerprint density at radius 2 is 1.67 bits per heavy atom. The first kappa shape index (κ1) is 25.3. The van der Waals surface area contributed by atoms with Crippen molar-refractivity contribution >= 4 is 16.8 Å². The molecule has 1 amide bonds. The average Bonchev–Trinajstić information content (AvgIpc) is 2.91. The fraction of sp³-hybridized carbons (Fsp3) is 0.300. The molecule has 0 saturated carbocycles. The standard InChI is InChI=1S/C30H32FN3O2/c1-4-7-20-33(29(35)22-14-16-23(31)17-15-22)27(6-3)28-32-26-11-9-8-10-25(26)30(36)34(28)24-18-12-21(5-2)13-19-24/h8-19,27H,4-7,20H2,1-3H3. The highest BCUT2D eigenvalue weighted by Crippen LogP contribution is 2.28. The van der Waals surface area contributed by atoms with E-state index in [0.717, 1.165) is 19.3 Å². The first-order valence-electron chi connectivity index (χ1n) is 12.7. The first-order chi connectivity index (χ1) is 17.5. The van der Waals surface area contributed by atoms with Gasteiger partial charge in [0, 0.05) is 12.1 Å². The zero-order chi connectivity index (χ0) is 25.7. The van der Waals surface area contributed by atoms with E-state index < -0.39 is 6.04 Å². The fourth-order valence-corrected chi connectivity index (χ4v) is 4.53. The lowest BCUT2D eigenvalue weighted by Gasteiger charge is -2.32. The van der Waals surface area contributed by atoms with Crippen molar-refractivity contribution in [2.24, 2.45) is 0 Å². The molecule has 0 fully saturated rings. The molecule has 3 aromatic carbocycles. The molecule has 6 heteroatoms. The highest BCUT2D eigenvalue weighted by molar-refractivity contribution is 5.94. The first-order valence-corrected chi connectivity index (χ1v) is 12.7. The number of benzene rings is 3. The number of rotatable bonds is 9. The molecule has 0 aliphatic heterocycles. The second-order valence-electron chi connectivity index (χ2n) is 8.93. The summed E-state index contributed by atoms with van der Waals surface area (Å²) in [6.07, 6.45) is 3.16. The number of hydrogen-bond donors (Lipinski definition) is 0. The van der Waals surface area contributed by atoms with Crippen LogP contribution < -0.4 is 5.56 Å². The minimum absolute atomic E-state index is 0.164. The van der Waals surface area contributed by atoms with E-state index in [9.17, 15) is 14.0 Å². The third-order valence-corrected chi connectivity index (χ3v) is 6.57. The molecule has 0 spiro atoms. The summed E-state index contributed by atoms with van der Waals surface area (Å²) in [6.45, 7) is 6.65. The average molecular weight is 486 g/mol. The van der Waals surface area contributed by atoms with Crippen LogP contribution in [-0.2, 0) is 6.42 Å². The number of carbonyl (C=O) groups excluding carboxylic acids is 1. The molecule has 1 unspecified atom stereocenters. The Morgan fingerprint density at radius 1 is 0.972 bits per heavy atom. The smallest absolute Gasteiger partial charge is 0.266 e. The van der Waals surface area contributed by atoms with Crippen LogP contribution >= 0.6 is 0 Å². The van der Waals surface area contributed by atoms with E-state index in [2.05, 4.69) is 13.8 Å². The second-order valence-corrected chi connectivity index (χ2v) is 8.93. The van der Waals surface area contributed by atoms with Gasteiger partial charge in [0.05, 0.1) is 22.6 Å². The quantitative estimate of drug-likeness (QED) is 0.273. The van der Waals surface area contributed by atoms with Gasteiger partial charge in [0.15, 0.2) is 0 Å². The van der Waals surface area contributed by atoms with Gasteiger partial charge in [-0.1, -0.05) is 51.5 Å². The summed E-state index contributed by atoms with van der Waals surface area (Å²) in [5, 5.41) is 0.528. The van der Waals surface area contributed by atoms with Crippen LogP contribution in [0.1, 0.15) is 67.8 Å². The number of unbranched alkanes of at least 4 members (excludes halogenated alkanes) is 1. The lowest BCUT2D eigenvalue weighted by Crippen LogP contribution is -2.39. The summed E-state index contributed by atoms with van der Waals surface area (Å²) in [5.74, 6) is -0.0677. The molecule has 0 bridgehead atoms. The molecule has 186 valence electrons. The van der Waals surface area contributed by atoms with E-state index in [1.54, 1.807) is 15.5 Å². The Bertz CT molecular complexity index is 1390. The minimum Gasteiger partial charge on any atom is -0.328 e. The van der Waals surface area contributed by atoms with Gasteiger partial charge in [-0.25, -0.2) is 9.37 Å². The number of aryl methyl sites for hydroxylation is 1. The van der Waals surface area contributed by atoms with Gasteiger partial charge in [-0.2, -0.15) is 0 Å². The molecule has 5 nitrogen and oxygen atoms in total. The summed E-state index contributed by atoms with van der Waals surface area (Å²) >= 11 is 0. The molecule has 0 radical (unpaired) electrons. The molecule has 1 aromatic heterocycles. The highest BCUT2D eigenvalue weighted by Gasteiger charge is 2.29. The summed E-state index contributed by atoms with van der Waals surface area (Å²) in [6, 6.07) is 20.4. The SMILES string of the molecule is CCCCN(C(=O)c1ccc(F)cc1)C(CC)c1nc2ccccc2c(=O)n1-c1ccc(CC)cc1. The topological polar surface area (TPSA) is 55.2 Å². The van der Waals surface area contributed by atoms with Crippen LogP contribution in [0.4, 0.5) is 4.39 Å². The summed E-state index contributed by atoms with van der Waals surface area (Å²) in [4.78, 5) is 34.3. The lowest BCUT2D eigenvalue weighted by atomic mass is 10.1. The van der Waals surface area contributed by atoms with Gasteiger partial charge in [-0.15, -0.1) is 0 Å². The highest BCUT2D eigenvalue weighted by atomic mass is 19.1. The molecule has 0 aliphatic carbocycles. The van der Waals surface area contributed by atoms with Crippen molar-refractivity contribution in [1.82, 2.24) is 14.5 Å². The van der Waals surface area contributed by atoms with E-state index in [4.69, 9.17) is 4.98 Å². The molecule has 4 rings (SSSR count). The molecule has 1 heterocycles. The molecule has 36 heavy (non-hydrogen) atoms. The summed E-state index contributed by atoms with van der Waals surface area (Å²) in [5.41, 5.74) is 2.73. The van der Waals surface area contributed by atoms with Gasteiger partial charge in [-0.3, -0.25) is 14.2 Å². The van der Waals surface area contributed by atoms with Crippen LogP contribution in [0.2, 0.25) is 0 Å². The maximum Gasteiger partial charge on any atom is 0.266 e. The fourth-order valence-electron chi connectivity index (χ4n) is 4.53. The van der Waals surface area contributed by atoms with Crippen molar-refractivity contribution in [2.45, 2.75) is 52.5 Å². The number of hydrogen-bond acceptors (Lipinski definition) is 3. The Kier molecular flexibility index (Phi) is 7.93. The van der Waals surface area contributed by atoms with Crippen molar-refractivity contribution in [2.75, 3.05) is 6.54 Å². The summed E-state index contributed by atoms with van der Waals surface area (Å²) in [7, 11) is 0. The maximum atomic E-state index is 13.8. The Hall–Kier alpha value is -3.80. The molecule has 0 N–H and O–H groups in total. The van der Waals surface area contributed by atoms with Crippen LogP contribution in [0, 0.1) is 5.82 Å². The van der Waals surface area contributed by atoms with Crippen LogP contribution in [-0.4, -0.2) is 26.9 Å². The van der Waals surface area contributed by atoms with Crippen molar-refractivity contribution < 1.29 is 9.18 Å². The van der Waals surface area contributed by atoms with Gasteiger partial charge >= 0.3 is 0 Å². The van der Waals surface area contributed by atoms with Crippen LogP contribution in [0.15, 0.2) is 77.6 Å². The van der Waals surface area contributed by atoms with Crippen LogP contribution in [0.25, 0.3) is 16.6 Å². The number of fused-ring (bicyclic) bond motifs is 1. The second kappa shape index (κ2) is 11.3. The van der Waals surface area contributed by atoms with Crippen molar-refractivity contribution in [3.05, 3.63) is 106 Å². The molecule has 1 atom stereocenters. The maximum absolute atomic E-state index is 13.8. The Balaban J connectivity index is 1.92. The zero-order valence-corrected chi connectivity index (χ0v) is 21.1. The van der Waals surface area contributed by atoms with Crippen molar-refractivity contribution in [1.29, 1.82) is 0 Å². The Morgan fingerprint density at radius 3 is 2.31 bits per heavy atom. The largest absolute Gasteiger partial charge is 0.328 e. The molecule has 4 aromatic rings. The van der Waals surface area contributed by atoms with Crippen molar-refractivity contribution in [3.63, 3.8) is 0 Å². The zero-order valence-electron chi connectivity index (χ0n) is 21.1. The third kappa shape index (κ3) is 5.08. The van der Waals surface area contributed by atoms with Gasteiger partial charge < -0.3 is 4.90 Å². The predicted molar refractivity (Wildman–Crippen MR) is 142 cm³/mol. The van der Waals surface area contributed by atoms with E-state index in [1.165, 1.54) is 29.8 Å². The Labute approximate surface area is 211 Å². The lowest BCUT2D eigenvalue weighted by molar-refractivity contribution is 0.0656. The number of aromatic nitrogens is 2. The van der Waals surface area contributed by atoms with Crippen LogP contribution in [0.3, 0.4) is 0 Å². The molecular weight excluding hydrogens is 453 g/mol. The molecule has 0 aliphatic rings. The number of amides is 1. The number of para-hydroxylation sites is 1. The van der Waals surface area contributed by atoms with Crippen molar-refractivity contribution in [3.8, 4) is 5.69 Å². The van der Waals surface area contributed by atoms with E-state index in [1.807, 2.05) is 49.4 Å². The monoisotopic (exact) mass is 485 g/mol. The number of nitrogens with zero attached hydrogens (tertiary/aromatic N) is 3. The molecular formula is C30H32FN3O2. The molecule has 0 saturated heterocycles. The van der Waals surface area contributed by atoms with Gasteiger partial charge in [0.25, 0.3) is 11.5 Å². The normalized spacial score (nSPS) is 12.0.